The van der Waals surface area contributed by atoms with Gasteiger partial charge >= 0.3 is 0 Å². The van der Waals surface area contributed by atoms with Crippen molar-refractivity contribution in [3.05, 3.63) is 93.4 Å². The van der Waals surface area contributed by atoms with E-state index in [1.807, 2.05) is 12.1 Å². The lowest BCUT2D eigenvalue weighted by atomic mass is 10.1. The van der Waals surface area contributed by atoms with Crippen molar-refractivity contribution in [1.82, 2.24) is 0 Å². The van der Waals surface area contributed by atoms with Crippen LogP contribution in [0.3, 0.4) is 0 Å². The second kappa shape index (κ2) is 8.84. The fourth-order valence-corrected chi connectivity index (χ4v) is 2.70. The number of rotatable bonds is 6. The van der Waals surface area contributed by atoms with Crippen LogP contribution in [0, 0.1) is 0 Å². The Labute approximate surface area is 170 Å². The second-order valence-corrected chi connectivity index (χ2v) is 7.06. The molecular formula is C21H15BrClNO3. The first-order chi connectivity index (χ1) is 13.0. The van der Waals surface area contributed by atoms with Crippen molar-refractivity contribution >= 4 is 44.9 Å². The van der Waals surface area contributed by atoms with Crippen LogP contribution in [0.15, 0.2) is 77.3 Å². The third-order valence-electron chi connectivity index (χ3n) is 3.75. The van der Waals surface area contributed by atoms with E-state index in [0.29, 0.717) is 27.6 Å². The Morgan fingerprint density at radius 3 is 2.07 bits per heavy atom. The Kier molecular flexibility index (Phi) is 6.27. The number of benzene rings is 3. The van der Waals surface area contributed by atoms with Gasteiger partial charge in [0, 0.05) is 26.3 Å². The Morgan fingerprint density at radius 1 is 0.852 bits per heavy atom. The second-order valence-electron chi connectivity index (χ2n) is 5.70. The van der Waals surface area contributed by atoms with E-state index in [-0.39, 0.29) is 18.3 Å². The molecule has 0 radical (unpaired) electrons. The number of hydrogen-bond acceptors (Lipinski definition) is 3. The average molecular weight is 445 g/mol. The maximum absolute atomic E-state index is 12.2. The summed E-state index contributed by atoms with van der Waals surface area (Å²) in [5.41, 5.74) is 1.73. The quantitative estimate of drug-likeness (QED) is 0.502. The van der Waals surface area contributed by atoms with Gasteiger partial charge in [0.1, 0.15) is 5.75 Å². The van der Waals surface area contributed by atoms with E-state index in [1.165, 1.54) is 0 Å². The highest BCUT2D eigenvalue weighted by Crippen LogP contribution is 2.18. The predicted molar refractivity (Wildman–Crippen MR) is 110 cm³/mol. The summed E-state index contributed by atoms with van der Waals surface area (Å²) < 4.78 is 6.43. The molecule has 3 aromatic carbocycles. The maximum Gasteiger partial charge on any atom is 0.255 e. The summed E-state index contributed by atoms with van der Waals surface area (Å²) in [6.07, 6.45) is 0. The molecule has 0 unspecified atom stereocenters. The van der Waals surface area contributed by atoms with E-state index in [4.69, 9.17) is 16.3 Å². The van der Waals surface area contributed by atoms with Crippen LogP contribution >= 0.6 is 27.5 Å². The van der Waals surface area contributed by atoms with Gasteiger partial charge < -0.3 is 10.1 Å². The molecule has 27 heavy (non-hydrogen) atoms. The molecule has 0 atom stereocenters. The summed E-state index contributed by atoms with van der Waals surface area (Å²) in [7, 11) is 0. The van der Waals surface area contributed by atoms with Gasteiger partial charge in [-0.1, -0.05) is 39.7 Å². The minimum Gasteiger partial charge on any atom is -0.485 e. The van der Waals surface area contributed by atoms with Crippen LogP contribution in [0.2, 0.25) is 5.02 Å². The highest BCUT2D eigenvalue weighted by atomic mass is 79.9. The molecule has 136 valence electrons. The minimum atomic E-state index is -0.231. The molecule has 0 saturated heterocycles. The van der Waals surface area contributed by atoms with E-state index in [0.717, 1.165) is 4.47 Å². The summed E-state index contributed by atoms with van der Waals surface area (Å²) in [5.74, 6) is 0.207. The Morgan fingerprint density at radius 2 is 1.44 bits per heavy atom. The number of nitrogens with one attached hydrogen (secondary N) is 1. The molecule has 1 N–H and O–H groups in total. The van der Waals surface area contributed by atoms with Crippen molar-refractivity contribution in [2.24, 2.45) is 0 Å². The highest BCUT2D eigenvalue weighted by molar-refractivity contribution is 9.10. The molecule has 4 nitrogen and oxygen atoms in total. The number of ketones is 1. The molecule has 0 heterocycles. The van der Waals surface area contributed by atoms with Crippen LogP contribution in [0.4, 0.5) is 5.69 Å². The topological polar surface area (TPSA) is 55.4 Å². The van der Waals surface area contributed by atoms with Crippen molar-refractivity contribution in [1.29, 1.82) is 0 Å². The van der Waals surface area contributed by atoms with Crippen LogP contribution in [-0.2, 0) is 0 Å². The normalized spacial score (nSPS) is 10.3. The number of carbonyl (C=O) groups is 2. The van der Waals surface area contributed by atoms with Crippen molar-refractivity contribution in [3.63, 3.8) is 0 Å². The molecule has 0 aliphatic carbocycles. The zero-order valence-electron chi connectivity index (χ0n) is 14.1. The molecule has 0 aromatic heterocycles. The predicted octanol–water partition coefficient (Wildman–Crippen LogP) is 5.62. The third kappa shape index (κ3) is 5.42. The van der Waals surface area contributed by atoms with Crippen molar-refractivity contribution < 1.29 is 14.3 Å². The number of halogens is 2. The molecule has 0 aliphatic rings. The number of ether oxygens (including phenoxy) is 1. The first-order valence-electron chi connectivity index (χ1n) is 8.10. The van der Waals surface area contributed by atoms with E-state index in [2.05, 4.69) is 21.2 Å². The van der Waals surface area contributed by atoms with Crippen molar-refractivity contribution in [2.75, 3.05) is 11.9 Å². The molecule has 0 saturated carbocycles. The monoisotopic (exact) mass is 443 g/mol. The number of anilines is 1. The lowest BCUT2D eigenvalue weighted by molar-refractivity contribution is 0.0921. The van der Waals surface area contributed by atoms with Crippen LogP contribution in [0.25, 0.3) is 0 Å². The average Bonchev–Trinajstić information content (AvgIpc) is 2.68. The first kappa shape index (κ1) is 19.1. The summed E-state index contributed by atoms with van der Waals surface area (Å²) in [4.78, 5) is 24.3. The van der Waals surface area contributed by atoms with Gasteiger partial charge in [0.15, 0.2) is 12.4 Å². The smallest absolute Gasteiger partial charge is 0.255 e. The first-order valence-corrected chi connectivity index (χ1v) is 9.27. The van der Waals surface area contributed by atoms with E-state index >= 15 is 0 Å². The lowest BCUT2D eigenvalue weighted by Gasteiger charge is -2.08. The van der Waals surface area contributed by atoms with Gasteiger partial charge in [0.25, 0.3) is 5.91 Å². The standard InChI is InChI=1S/C21H15BrClNO3/c22-16-5-1-14(2-6-16)20(25)13-27-19-11-9-18(10-12-19)24-21(26)15-3-7-17(23)8-4-15/h1-12H,13H2,(H,24,26). The van der Waals surface area contributed by atoms with Gasteiger partial charge in [-0.2, -0.15) is 0 Å². The Balaban J connectivity index is 1.55. The molecule has 3 aromatic rings. The fourth-order valence-electron chi connectivity index (χ4n) is 2.31. The molecule has 1 amide bonds. The summed E-state index contributed by atoms with van der Waals surface area (Å²) in [5, 5.41) is 3.37. The molecule has 0 fully saturated rings. The van der Waals surface area contributed by atoms with Gasteiger partial charge in [-0.25, -0.2) is 0 Å². The Hall–Kier alpha value is -2.63. The van der Waals surface area contributed by atoms with Gasteiger partial charge in [0.2, 0.25) is 0 Å². The summed E-state index contributed by atoms with van der Waals surface area (Å²) >= 11 is 9.15. The third-order valence-corrected chi connectivity index (χ3v) is 4.54. The molecule has 0 bridgehead atoms. The number of amides is 1. The largest absolute Gasteiger partial charge is 0.485 e. The zero-order valence-corrected chi connectivity index (χ0v) is 16.5. The molecule has 6 heteroatoms. The fraction of sp³-hybridized carbons (Fsp3) is 0.0476. The number of carbonyl (C=O) groups excluding carboxylic acids is 2. The number of Topliss-reactive ketones (excluding diaryl/α,β-unsaturated/α-hetero) is 1. The Bertz CT molecular complexity index is 939. The maximum atomic E-state index is 12.2. The molecular weight excluding hydrogens is 430 g/mol. The van der Waals surface area contributed by atoms with Crippen LogP contribution < -0.4 is 10.1 Å². The molecule has 0 aliphatic heterocycles. The molecule has 0 spiro atoms. The van der Waals surface area contributed by atoms with Gasteiger partial charge in [-0.15, -0.1) is 0 Å². The minimum absolute atomic E-state index is 0.0574. The molecule has 3 rings (SSSR count). The SMILES string of the molecule is O=C(COc1ccc(NC(=O)c2ccc(Cl)cc2)cc1)c1ccc(Br)cc1. The van der Waals surface area contributed by atoms with E-state index in [1.54, 1.807) is 60.7 Å². The summed E-state index contributed by atoms with van der Waals surface area (Å²) in [6, 6.07) is 20.6. The zero-order chi connectivity index (χ0) is 19.2. The van der Waals surface area contributed by atoms with Crippen LogP contribution in [-0.4, -0.2) is 18.3 Å². The van der Waals surface area contributed by atoms with E-state index < -0.39 is 0 Å². The number of hydrogen-bond donors (Lipinski definition) is 1. The van der Waals surface area contributed by atoms with Gasteiger partial charge in [-0.05, 0) is 60.7 Å². The highest BCUT2D eigenvalue weighted by Gasteiger charge is 2.08. The van der Waals surface area contributed by atoms with E-state index in [9.17, 15) is 9.59 Å². The lowest BCUT2D eigenvalue weighted by Crippen LogP contribution is -2.12. The van der Waals surface area contributed by atoms with Crippen molar-refractivity contribution in [2.45, 2.75) is 0 Å². The van der Waals surface area contributed by atoms with Gasteiger partial charge in [0.05, 0.1) is 0 Å². The van der Waals surface area contributed by atoms with Gasteiger partial charge in [-0.3, -0.25) is 9.59 Å². The van der Waals surface area contributed by atoms with Crippen LogP contribution in [0.5, 0.6) is 5.75 Å². The van der Waals surface area contributed by atoms with Crippen LogP contribution in [0.1, 0.15) is 20.7 Å². The van der Waals surface area contributed by atoms with Crippen molar-refractivity contribution in [3.8, 4) is 5.75 Å². The summed E-state index contributed by atoms with van der Waals surface area (Å²) in [6.45, 7) is -0.0574.